The third-order valence-corrected chi connectivity index (χ3v) is 6.82. The fourth-order valence-electron chi connectivity index (χ4n) is 4.50. The number of hydrogen-bond acceptors (Lipinski definition) is 7. The second kappa shape index (κ2) is 7.83. The maximum absolute atomic E-state index is 14.5. The second-order valence-corrected chi connectivity index (χ2v) is 9.17. The molecule has 0 bridgehead atoms. The number of nitrogens with two attached hydrogens (primary N) is 2. The van der Waals surface area contributed by atoms with Crippen LogP contribution in [0.2, 0.25) is 0 Å². The summed E-state index contributed by atoms with van der Waals surface area (Å²) in [5, 5.41) is 2.58. The number of carbonyl (C=O) groups is 1. The van der Waals surface area contributed by atoms with Gasteiger partial charge in [0.15, 0.2) is 11.5 Å². The molecule has 5 rings (SSSR count). The topological polar surface area (TPSA) is 128 Å². The average Bonchev–Trinajstić information content (AvgIpc) is 3.11. The Morgan fingerprint density at radius 3 is 2.79 bits per heavy atom. The predicted molar refractivity (Wildman–Crippen MR) is 120 cm³/mol. The van der Waals surface area contributed by atoms with Crippen LogP contribution in [0.3, 0.4) is 0 Å². The molecular weight excluding hydrogens is 449 g/mol. The van der Waals surface area contributed by atoms with Gasteiger partial charge in [0.25, 0.3) is 5.92 Å². The summed E-state index contributed by atoms with van der Waals surface area (Å²) in [7, 11) is 0. The van der Waals surface area contributed by atoms with Crippen LogP contribution in [0.25, 0.3) is 11.2 Å². The highest BCUT2D eigenvalue weighted by Crippen LogP contribution is 2.48. The third kappa shape index (κ3) is 3.81. The van der Waals surface area contributed by atoms with Gasteiger partial charge in [-0.3, -0.25) is 4.79 Å². The predicted octanol–water partition coefficient (Wildman–Crippen LogP) is 1.58. The summed E-state index contributed by atoms with van der Waals surface area (Å²) >= 11 is 0. The highest BCUT2D eigenvalue weighted by atomic mass is 19.3. The largest absolute Gasteiger partial charge is 0.382 e. The van der Waals surface area contributed by atoms with Gasteiger partial charge in [-0.15, -0.1) is 0 Å². The Balaban J connectivity index is 1.38. The first-order valence-electron chi connectivity index (χ1n) is 11.0. The number of fused-ring (bicyclic) bond motifs is 1. The third-order valence-electron chi connectivity index (χ3n) is 6.82. The van der Waals surface area contributed by atoms with Crippen LogP contribution in [-0.2, 0) is 11.3 Å². The number of hydrogen-bond donors (Lipinski definition) is 3. The van der Waals surface area contributed by atoms with Gasteiger partial charge < -0.3 is 26.3 Å². The molecule has 1 aliphatic heterocycles. The Morgan fingerprint density at radius 2 is 2.06 bits per heavy atom. The van der Waals surface area contributed by atoms with Crippen molar-refractivity contribution in [1.82, 2.24) is 24.8 Å². The molecule has 1 unspecified atom stereocenters. The van der Waals surface area contributed by atoms with Crippen molar-refractivity contribution in [3.8, 4) is 0 Å². The van der Waals surface area contributed by atoms with Crippen molar-refractivity contribution in [3.63, 3.8) is 0 Å². The zero-order valence-corrected chi connectivity index (χ0v) is 18.6. The van der Waals surface area contributed by atoms with Gasteiger partial charge >= 0.3 is 0 Å². The standard InChI is InChI=1S/C22H25F3N8O/c1-12-14(8-33-11-31-17-18(26)29-10-30-19(17)33)16(3-2-15(12)23)32-5-4-21(27,9-32)20(34)28-7-13-6-22(13,24)25/h2-3,10-11,13H,4-9,27H2,1H3,(H,28,34)(H2,26,29,30)/t13?,21-/m1/s1. The molecule has 0 spiro atoms. The maximum Gasteiger partial charge on any atom is 0.253 e. The minimum atomic E-state index is -2.70. The van der Waals surface area contributed by atoms with Crippen molar-refractivity contribution >= 4 is 28.6 Å². The first-order valence-corrected chi connectivity index (χ1v) is 11.0. The number of imidazole rings is 1. The fraction of sp³-hybridized carbons (Fsp3) is 0.455. The van der Waals surface area contributed by atoms with Crippen LogP contribution < -0.4 is 21.7 Å². The van der Waals surface area contributed by atoms with E-state index in [1.807, 2.05) is 4.90 Å². The number of aromatic nitrogens is 4. The van der Waals surface area contributed by atoms with E-state index >= 15 is 0 Å². The molecule has 12 heteroatoms. The quantitative estimate of drug-likeness (QED) is 0.495. The van der Waals surface area contributed by atoms with Gasteiger partial charge in [-0.1, -0.05) is 0 Å². The van der Waals surface area contributed by atoms with Gasteiger partial charge in [-0.05, 0) is 31.0 Å². The van der Waals surface area contributed by atoms with E-state index in [2.05, 4.69) is 20.3 Å². The summed E-state index contributed by atoms with van der Waals surface area (Å²) in [6.45, 7) is 2.50. The van der Waals surface area contributed by atoms with Crippen molar-refractivity contribution < 1.29 is 18.0 Å². The first kappa shape index (κ1) is 22.4. The van der Waals surface area contributed by atoms with E-state index in [1.165, 1.54) is 12.4 Å². The minimum Gasteiger partial charge on any atom is -0.382 e. The number of nitrogens with one attached hydrogen (secondary N) is 1. The smallest absolute Gasteiger partial charge is 0.253 e. The molecule has 34 heavy (non-hydrogen) atoms. The van der Waals surface area contributed by atoms with E-state index in [0.717, 1.165) is 5.69 Å². The number of amides is 1. The van der Waals surface area contributed by atoms with Crippen molar-refractivity contribution in [1.29, 1.82) is 0 Å². The van der Waals surface area contributed by atoms with Crippen LogP contribution in [0.15, 0.2) is 24.8 Å². The van der Waals surface area contributed by atoms with E-state index in [4.69, 9.17) is 11.5 Å². The van der Waals surface area contributed by atoms with E-state index in [0.29, 0.717) is 35.3 Å². The molecule has 9 nitrogen and oxygen atoms in total. The molecule has 2 atom stereocenters. The Kier molecular flexibility index (Phi) is 5.15. The normalized spacial score (nSPS) is 23.4. The first-order chi connectivity index (χ1) is 16.1. The number of carbonyl (C=O) groups excluding carboxylic acids is 1. The van der Waals surface area contributed by atoms with E-state index in [-0.39, 0.29) is 37.7 Å². The lowest BCUT2D eigenvalue weighted by Crippen LogP contribution is -2.56. The summed E-state index contributed by atoms with van der Waals surface area (Å²) in [6.07, 6.45) is 3.04. The van der Waals surface area contributed by atoms with Crippen LogP contribution in [0, 0.1) is 18.7 Å². The molecule has 1 aliphatic carbocycles. The molecule has 1 aromatic carbocycles. The number of nitrogen functional groups attached to an aromatic ring is 1. The molecule has 2 fully saturated rings. The van der Waals surface area contributed by atoms with Crippen molar-refractivity contribution in [2.75, 3.05) is 30.3 Å². The van der Waals surface area contributed by atoms with Crippen molar-refractivity contribution in [3.05, 3.63) is 41.7 Å². The number of rotatable bonds is 6. The molecule has 0 radical (unpaired) electrons. The lowest BCUT2D eigenvalue weighted by atomic mass is 9.99. The highest BCUT2D eigenvalue weighted by Gasteiger charge is 2.57. The highest BCUT2D eigenvalue weighted by molar-refractivity contribution is 5.88. The Morgan fingerprint density at radius 1 is 1.29 bits per heavy atom. The van der Waals surface area contributed by atoms with E-state index in [9.17, 15) is 18.0 Å². The summed E-state index contributed by atoms with van der Waals surface area (Å²) in [5.74, 6) is -4.09. The Hall–Kier alpha value is -3.41. The molecule has 2 aromatic heterocycles. The van der Waals surface area contributed by atoms with Gasteiger partial charge in [0.1, 0.15) is 23.2 Å². The molecule has 5 N–H and O–H groups in total. The monoisotopic (exact) mass is 474 g/mol. The summed E-state index contributed by atoms with van der Waals surface area (Å²) in [4.78, 5) is 27.1. The van der Waals surface area contributed by atoms with Gasteiger partial charge in [-0.25, -0.2) is 28.1 Å². The minimum absolute atomic E-state index is 0.0929. The Bertz CT molecular complexity index is 1280. The molecule has 2 aliphatic rings. The van der Waals surface area contributed by atoms with Crippen LogP contribution in [0.1, 0.15) is 24.0 Å². The summed E-state index contributed by atoms with van der Waals surface area (Å²) in [5.41, 5.74) is 13.9. The van der Waals surface area contributed by atoms with Gasteiger partial charge in [0.05, 0.1) is 12.9 Å². The van der Waals surface area contributed by atoms with Gasteiger partial charge in [0, 0.05) is 43.2 Å². The van der Waals surface area contributed by atoms with Crippen LogP contribution in [0.4, 0.5) is 24.7 Å². The molecule has 180 valence electrons. The van der Waals surface area contributed by atoms with E-state index < -0.39 is 23.3 Å². The van der Waals surface area contributed by atoms with E-state index in [1.54, 1.807) is 23.9 Å². The van der Waals surface area contributed by atoms with Gasteiger partial charge in [-0.2, -0.15) is 0 Å². The Labute approximate surface area is 193 Å². The lowest BCUT2D eigenvalue weighted by Gasteiger charge is -2.27. The average molecular weight is 474 g/mol. The number of benzene rings is 1. The molecule has 3 aromatic rings. The fourth-order valence-corrected chi connectivity index (χ4v) is 4.50. The maximum atomic E-state index is 14.5. The summed E-state index contributed by atoms with van der Waals surface area (Å²) in [6, 6.07) is 3.04. The number of nitrogens with zero attached hydrogens (tertiary/aromatic N) is 5. The van der Waals surface area contributed by atoms with Crippen LogP contribution in [-0.4, -0.2) is 56.5 Å². The molecule has 3 heterocycles. The second-order valence-electron chi connectivity index (χ2n) is 9.17. The zero-order chi connectivity index (χ0) is 24.3. The SMILES string of the molecule is Cc1c(F)ccc(N2CC[C@](N)(C(=O)NCC3CC3(F)F)C2)c1Cn1cnc2c(N)ncnc21. The summed E-state index contributed by atoms with van der Waals surface area (Å²) < 4.78 is 42.6. The molecule has 1 saturated carbocycles. The molecule has 1 amide bonds. The number of alkyl halides is 2. The lowest BCUT2D eigenvalue weighted by molar-refractivity contribution is -0.125. The number of halogens is 3. The van der Waals surface area contributed by atoms with Crippen molar-refractivity contribution in [2.45, 2.75) is 37.8 Å². The van der Waals surface area contributed by atoms with Gasteiger partial charge in [0.2, 0.25) is 5.91 Å². The van der Waals surface area contributed by atoms with Crippen LogP contribution >= 0.6 is 0 Å². The number of anilines is 2. The molecule has 1 saturated heterocycles. The molecular formula is C22H25F3N8O. The van der Waals surface area contributed by atoms with Crippen LogP contribution in [0.5, 0.6) is 0 Å². The zero-order valence-electron chi connectivity index (χ0n) is 18.6. The van der Waals surface area contributed by atoms with Crippen molar-refractivity contribution in [2.24, 2.45) is 11.7 Å².